The van der Waals surface area contributed by atoms with Crippen molar-refractivity contribution in [2.75, 3.05) is 43.9 Å². The number of hydrogen-bond acceptors (Lipinski definition) is 7. The van der Waals surface area contributed by atoms with E-state index < -0.39 is 9.84 Å². The summed E-state index contributed by atoms with van der Waals surface area (Å²) in [6.45, 7) is 10.6. The second kappa shape index (κ2) is 14.3. The maximum atomic E-state index is 13.6. The average molecular weight is 598 g/mol. The van der Waals surface area contributed by atoms with Gasteiger partial charge in [0.1, 0.15) is 9.96 Å². The van der Waals surface area contributed by atoms with Crippen LogP contribution >= 0.6 is 11.3 Å². The molecule has 1 amide bonds. The molecule has 1 N–H and O–H groups in total. The molecule has 0 unspecified atom stereocenters. The Balaban J connectivity index is 0.000000328. The number of carbonyl (C=O) groups is 1. The molecule has 1 fully saturated rings. The fourth-order valence-corrected chi connectivity index (χ4v) is 7.63. The average Bonchev–Trinajstić information content (AvgIpc) is 3.66. The Morgan fingerprint density at radius 1 is 1.05 bits per heavy atom. The number of nitrogens with one attached hydrogen (secondary N) is 1. The van der Waals surface area contributed by atoms with Crippen molar-refractivity contribution in [2.45, 2.75) is 63.3 Å². The van der Waals surface area contributed by atoms with Crippen LogP contribution in [0.1, 0.15) is 72.6 Å². The van der Waals surface area contributed by atoms with Gasteiger partial charge in [-0.25, -0.2) is 8.42 Å². The lowest BCUT2D eigenvalue weighted by atomic mass is 9.97. The molecule has 0 saturated carbocycles. The standard InChI is InChI=1S/C26H35N3O2.C6H8O2S2/c1-4-5-6-9-23(20-12-11-19(2)25(17-20)31-3)29-18-22-21(26(29)30)8-7-10-24(22)28-15-13-27-14-16-28;1-2-10(7,8)6-4-3-5-9-6/h7-8,10-12,17,23,27H,4-6,9,13-16,18H2,1-3H3;3-5H,2H2,1H3/t23-;/m1./s1. The van der Waals surface area contributed by atoms with E-state index >= 15 is 0 Å². The Hall–Kier alpha value is -2.88. The Bertz CT molecular complexity index is 1400. The van der Waals surface area contributed by atoms with E-state index in [4.69, 9.17) is 4.74 Å². The van der Waals surface area contributed by atoms with E-state index in [9.17, 15) is 13.2 Å². The first-order valence-corrected chi connectivity index (χ1v) is 17.1. The molecule has 3 heterocycles. The van der Waals surface area contributed by atoms with Gasteiger partial charge in [-0.1, -0.05) is 57.4 Å². The summed E-state index contributed by atoms with van der Waals surface area (Å²) < 4.78 is 28.2. The molecule has 222 valence electrons. The zero-order valence-electron chi connectivity index (χ0n) is 24.7. The summed E-state index contributed by atoms with van der Waals surface area (Å²) in [7, 11) is -1.22. The molecule has 2 aromatic carbocycles. The zero-order valence-corrected chi connectivity index (χ0v) is 26.3. The Morgan fingerprint density at radius 3 is 2.49 bits per heavy atom. The van der Waals surface area contributed by atoms with Crippen molar-refractivity contribution >= 4 is 32.8 Å². The predicted molar refractivity (Wildman–Crippen MR) is 168 cm³/mol. The molecule has 1 aromatic heterocycles. The lowest BCUT2D eigenvalue weighted by molar-refractivity contribution is 0.0688. The summed E-state index contributed by atoms with van der Waals surface area (Å²) in [5, 5.41) is 5.19. The van der Waals surface area contributed by atoms with Gasteiger partial charge < -0.3 is 19.9 Å². The Labute approximate surface area is 249 Å². The van der Waals surface area contributed by atoms with Crippen molar-refractivity contribution in [2.24, 2.45) is 0 Å². The summed E-state index contributed by atoms with van der Waals surface area (Å²) in [5.74, 6) is 1.24. The first-order valence-electron chi connectivity index (χ1n) is 14.6. The predicted octanol–water partition coefficient (Wildman–Crippen LogP) is 6.23. The largest absolute Gasteiger partial charge is 0.496 e. The number of thiophene rings is 1. The van der Waals surface area contributed by atoms with E-state index in [0.717, 1.165) is 55.9 Å². The monoisotopic (exact) mass is 597 g/mol. The molecule has 0 radical (unpaired) electrons. The van der Waals surface area contributed by atoms with Gasteiger partial charge in [0.05, 0.1) is 18.9 Å². The van der Waals surface area contributed by atoms with Crippen LogP contribution in [0.3, 0.4) is 0 Å². The van der Waals surface area contributed by atoms with Crippen LogP contribution in [0.2, 0.25) is 0 Å². The summed E-state index contributed by atoms with van der Waals surface area (Å²) in [6.07, 6.45) is 4.44. The quantitative estimate of drug-likeness (QED) is 0.279. The van der Waals surface area contributed by atoms with Gasteiger partial charge in [0, 0.05) is 49.5 Å². The number of aryl methyl sites for hydroxylation is 1. The molecule has 9 heteroatoms. The number of unbranched alkanes of at least 4 members (excludes halogenated alkanes) is 2. The smallest absolute Gasteiger partial charge is 0.255 e. The van der Waals surface area contributed by atoms with Crippen molar-refractivity contribution in [3.05, 3.63) is 76.2 Å². The minimum absolute atomic E-state index is 0.0665. The van der Waals surface area contributed by atoms with Crippen LogP contribution in [0.4, 0.5) is 5.69 Å². The van der Waals surface area contributed by atoms with E-state index in [-0.39, 0.29) is 17.7 Å². The molecular formula is C32H43N3O4S2. The zero-order chi connectivity index (χ0) is 29.4. The first kappa shape index (κ1) is 31.1. The van der Waals surface area contributed by atoms with E-state index in [1.165, 1.54) is 41.0 Å². The summed E-state index contributed by atoms with van der Waals surface area (Å²) in [5.41, 5.74) is 5.58. The van der Waals surface area contributed by atoms with Crippen LogP contribution in [-0.4, -0.2) is 58.3 Å². The highest BCUT2D eigenvalue weighted by Crippen LogP contribution is 2.39. The van der Waals surface area contributed by atoms with Crippen LogP contribution < -0.4 is 15.0 Å². The van der Waals surface area contributed by atoms with Crippen molar-refractivity contribution in [1.29, 1.82) is 0 Å². The van der Waals surface area contributed by atoms with Crippen molar-refractivity contribution < 1.29 is 17.9 Å². The molecule has 0 aliphatic carbocycles. The van der Waals surface area contributed by atoms with Gasteiger partial charge in [-0.3, -0.25) is 4.79 Å². The fraction of sp³-hybridized carbons (Fsp3) is 0.469. The third-order valence-corrected chi connectivity index (χ3v) is 11.1. The number of nitrogens with zero attached hydrogens (tertiary/aromatic N) is 2. The van der Waals surface area contributed by atoms with Crippen LogP contribution in [0.5, 0.6) is 5.75 Å². The summed E-state index contributed by atoms with van der Waals surface area (Å²) >= 11 is 1.27. The van der Waals surface area contributed by atoms with Crippen molar-refractivity contribution in [3.8, 4) is 5.75 Å². The van der Waals surface area contributed by atoms with Crippen LogP contribution in [0, 0.1) is 6.92 Å². The van der Waals surface area contributed by atoms with Gasteiger partial charge in [-0.05, 0) is 54.1 Å². The molecule has 1 atom stereocenters. The lowest BCUT2D eigenvalue weighted by Gasteiger charge is -2.32. The summed E-state index contributed by atoms with van der Waals surface area (Å²) in [4.78, 5) is 18.1. The molecule has 1 saturated heterocycles. The van der Waals surface area contributed by atoms with Crippen molar-refractivity contribution in [1.82, 2.24) is 10.2 Å². The van der Waals surface area contributed by atoms with Gasteiger partial charge in [0.2, 0.25) is 0 Å². The molecule has 7 nitrogen and oxygen atoms in total. The number of fused-ring (bicyclic) bond motifs is 1. The number of anilines is 1. The minimum Gasteiger partial charge on any atom is -0.496 e. The molecule has 5 rings (SSSR count). The molecule has 2 aliphatic heterocycles. The maximum Gasteiger partial charge on any atom is 0.255 e. The van der Waals surface area contributed by atoms with Crippen LogP contribution in [0.15, 0.2) is 58.1 Å². The summed E-state index contributed by atoms with van der Waals surface area (Å²) in [6, 6.07) is 16.1. The van der Waals surface area contributed by atoms with Gasteiger partial charge >= 0.3 is 0 Å². The van der Waals surface area contributed by atoms with Crippen molar-refractivity contribution in [3.63, 3.8) is 0 Å². The Morgan fingerprint density at radius 2 is 1.83 bits per heavy atom. The van der Waals surface area contributed by atoms with Crippen LogP contribution in [0.25, 0.3) is 0 Å². The lowest BCUT2D eigenvalue weighted by Crippen LogP contribution is -2.43. The Kier molecular flexibility index (Phi) is 10.9. The van der Waals surface area contributed by atoms with Crippen LogP contribution in [-0.2, 0) is 16.4 Å². The highest BCUT2D eigenvalue weighted by atomic mass is 32.2. The topological polar surface area (TPSA) is 79.0 Å². The molecule has 41 heavy (non-hydrogen) atoms. The number of piperazine rings is 1. The highest BCUT2D eigenvalue weighted by molar-refractivity contribution is 7.93. The molecule has 3 aromatic rings. The number of rotatable bonds is 10. The third-order valence-electron chi connectivity index (χ3n) is 7.88. The molecular weight excluding hydrogens is 555 g/mol. The highest BCUT2D eigenvalue weighted by Gasteiger charge is 2.35. The second-order valence-corrected chi connectivity index (χ2v) is 14.0. The number of sulfone groups is 1. The third kappa shape index (κ3) is 7.31. The van der Waals surface area contributed by atoms with E-state index in [1.807, 2.05) is 12.1 Å². The second-order valence-electron chi connectivity index (χ2n) is 10.5. The van der Waals surface area contributed by atoms with E-state index in [1.54, 1.807) is 31.5 Å². The number of methoxy groups -OCH3 is 1. The normalized spacial score (nSPS) is 15.8. The van der Waals surface area contributed by atoms with Gasteiger partial charge in [-0.15, -0.1) is 11.3 Å². The number of ether oxygens (including phenoxy) is 1. The van der Waals surface area contributed by atoms with Gasteiger partial charge in [0.25, 0.3) is 5.91 Å². The van der Waals surface area contributed by atoms with E-state index in [2.05, 4.69) is 53.2 Å². The number of benzene rings is 2. The SMILES string of the molecule is CCCCC[C@H](c1ccc(C)c(OC)c1)N1Cc2c(cccc2N2CCNCC2)C1=O.CCS(=O)(=O)c1cccs1. The minimum atomic E-state index is -2.94. The first-order chi connectivity index (χ1) is 19.8. The van der Waals surface area contributed by atoms with E-state index in [0.29, 0.717) is 10.8 Å². The molecule has 0 bridgehead atoms. The maximum absolute atomic E-state index is 13.6. The van der Waals surface area contributed by atoms with Gasteiger partial charge in [0.15, 0.2) is 9.84 Å². The molecule has 0 spiro atoms. The number of amides is 1. The number of hydrogen-bond donors (Lipinski definition) is 1. The van der Waals surface area contributed by atoms with Gasteiger partial charge in [-0.2, -0.15) is 0 Å². The number of carbonyl (C=O) groups excluding carboxylic acids is 1. The fourth-order valence-electron chi connectivity index (χ4n) is 5.51. The molecule has 2 aliphatic rings.